The topological polar surface area (TPSA) is 70.7 Å². The lowest BCUT2D eigenvalue weighted by Gasteiger charge is -2.32. The van der Waals surface area contributed by atoms with Gasteiger partial charge in [-0.3, -0.25) is 0 Å². The maximum absolute atomic E-state index is 12.2. The van der Waals surface area contributed by atoms with Gasteiger partial charge >= 0.3 is 0 Å². The highest BCUT2D eigenvalue weighted by Gasteiger charge is 2.29. The SMILES string of the molecule is CNCC1CCCN(S(=O)(=O)NCC2CCCO2)C1. The van der Waals surface area contributed by atoms with E-state index in [0.717, 1.165) is 38.8 Å². The summed E-state index contributed by atoms with van der Waals surface area (Å²) in [6.45, 7) is 3.26. The van der Waals surface area contributed by atoms with Crippen molar-refractivity contribution in [1.82, 2.24) is 14.3 Å². The molecule has 2 heterocycles. The third-order valence-corrected chi connectivity index (χ3v) is 5.37. The van der Waals surface area contributed by atoms with Crippen molar-refractivity contribution >= 4 is 10.2 Å². The second kappa shape index (κ2) is 6.99. The fraction of sp³-hybridized carbons (Fsp3) is 1.00. The summed E-state index contributed by atoms with van der Waals surface area (Å²) in [7, 11) is -1.44. The van der Waals surface area contributed by atoms with E-state index in [1.54, 1.807) is 4.31 Å². The summed E-state index contributed by atoms with van der Waals surface area (Å²) in [4.78, 5) is 0. The molecule has 2 unspecified atom stereocenters. The highest BCUT2D eigenvalue weighted by Crippen LogP contribution is 2.18. The first-order valence-electron chi connectivity index (χ1n) is 7.13. The first-order chi connectivity index (χ1) is 9.12. The van der Waals surface area contributed by atoms with Crippen LogP contribution in [-0.2, 0) is 14.9 Å². The maximum Gasteiger partial charge on any atom is 0.279 e. The Hall–Kier alpha value is -0.210. The molecule has 112 valence electrons. The Labute approximate surface area is 116 Å². The van der Waals surface area contributed by atoms with Gasteiger partial charge in [0.15, 0.2) is 0 Å². The molecule has 2 aliphatic heterocycles. The molecule has 2 saturated heterocycles. The molecular weight excluding hydrogens is 266 g/mol. The van der Waals surface area contributed by atoms with Gasteiger partial charge in [-0.1, -0.05) is 0 Å². The van der Waals surface area contributed by atoms with Gasteiger partial charge < -0.3 is 10.1 Å². The van der Waals surface area contributed by atoms with Crippen molar-refractivity contribution in [3.63, 3.8) is 0 Å². The summed E-state index contributed by atoms with van der Waals surface area (Å²) in [5.74, 6) is 0.415. The fourth-order valence-corrected chi connectivity index (χ4v) is 4.15. The quantitative estimate of drug-likeness (QED) is 0.719. The normalized spacial score (nSPS) is 29.7. The van der Waals surface area contributed by atoms with Crippen molar-refractivity contribution in [2.75, 3.05) is 39.8 Å². The van der Waals surface area contributed by atoms with Crippen LogP contribution in [0.25, 0.3) is 0 Å². The minimum absolute atomic E-state index is 0.0488. The summed E-state index contributed by atoms with van der Waals surface area (Å²) in [6, 6.07) is 0. The molecule has 2 rings (SSSR count). The van der Waals surface area contributed by atoms with Crippen molar-refractivity contribution in [1.29, 1.82) is 0 Å². The number of hydrogen-bond donors (Lipinski definition) is 2. The monoisotopic (exact) mass is 291 g/mol. The molecule has 0 aromatic heterocycles. The lowest BCUT2D eigenvalue weighted by molar-refractivity contribution is 0.114. The number of rotatable bonds is 6. The Bertz CT molecular complexity index is 366. The summed E-state index contributed by atoms with van der Waals surface area (Å²) in [5, 5.41) is 3.12. The van der Waals surface area contributed by atoms with E-state index in [1.165, 1.54) is 0 Å². The third kappa shape index (κ3) is 4.39. The first kappa shape index (κ1) is 15.2. The number of nitrogens with zero attached hydrogens (tertiary/aromatic N) is 1. The van der Waals surface area contributed by atoms with E-state index in [2.05, 4.69) is 10.0 Å². The van der Waals surface area contributed by atoms with Crippen molar-refractivity contribution in [2.24, 2.45) is 5.92 Å². The molecule has 2 atom stereocenters. The van der Waals surface area contributed by atoms with Crippen molar-refractivity contribution in [3.05, 3.63) is 0 Å². The molecule has 0 aromatic carbocycles. The van der Waals surface area contributed by atoms with Gasteiger partial charge in [-0.15, -0.1) is 0 Å². The average molecular weight is 291 g/mol. The molecule has 0 bridgehead atoms. The lowest BCUT2D eigenvalue weighted by atomic mass is 10.00. The predicted octanol–water partition coefficient (Wildman–Crippen LogP) is -0.0688. The molecule has 2 fully saturated rings. The number of nitrogens with one attached hydrogen (secondary N) is 2. The zero-order valence-electron chi connectivity index (χ0n) is 11.6. The molecule has 6 nitrogen and oxygen atoms in total. The Morgan fingerprint density at radius 2 is 2.11 bits per heavy atom. The Balaban J connectivity index is 1.83. The lowest BCUT2D eigenvalue weighted by Crippen LogP contribution is -2.48. The van der Waals surface area contributed by atoms with Crippen LogP contribution in [0, 0.1) is 5.92 Å². The standard InChI is InChI=1S/C12H25N3O3S/c1-13-8-11-4-2-6-15(10-11)19(16,17)14-9-12-5-3-7-18-12/h11-14H,2-10H2,1H3. The Morgan fingerprint density at radius 1 is 1.26 bits per heavy atom. The summed E-state index contributed by atoms with van der Waals surface area (Å²) in [5.41, 5.74) is 0. The van der Waals surface area contributed by atoms with Crippen molar-refractivity contribution in [2.45, 2.75) is 31.8 Å². The zero-order chi connectivity index (χ0) is 13.7. The van der Waals surface area contributed by atoms with Gasteiger partial charge in [0.05, 0.1) is 6.10 Å². The van der Waals surface area contributed by atoms with Crippen molar-refractivity contribution in [3.8, 4) is 0 Å². The largest absolute Gasteiger partial charge is 0.377 e. The molecule has 0 saturated carbocycles. The van der Waals surface area contributed by atoms with Gasteiger partial charge in [0.2, 0.25) is 0 Å². The second-order valence-electron chi connectivity index (χ2n) is 5.41. The predicted molar refractivity (Wildman–Crippen MR) is 74.1 cm³/mol. The van der Waals surface area contributed by atoms with Gasteiger partial charge in [0, 0.05) is 26.2 Å². The van der Waals surface area contributed by atoms with Crippen LogP contribution < -0.4 is 10.0 Å². The van der Waals surface area contributed by atoms with Crippen LogP contribution in [-0.4, -0.2) is 58.7 Å². The molecule has 0 aromatic rings. The average Bonchev–Trinajstić information content (AvgIpc) is 2.90. The van der Waals surface area contributed by atoms with E-state index >= 15 is 0 Å². The van der Waals surface area contributed by atoms with Crippen LogP contribution in [0.15, 0.2) is 0 Å². The zero-order valence-corrected chi connectivity index (χ0v) is 12.4. The van der Waals surface area contributed by atoms with E-state index in [-0.39, 0.29) is 6.10 Å². The molecule has 19 heavy (non-hydrogen) atoms. The fourth-order valence-electron chi connectivity index (χ4n) is 2.80. The number of ether oxygens (including phenoxy) is 1. The van der Waals surface area contributed by atoms with Gasteiger partial charge in [0.25, 0.3) is 10.2 Å². The third-order valence-electron chi connectivity index (χ3n) is 3.83. The van der Waals surface area contributed by atoms with E-state index in [0.29, 0.717) is 25.6 Å². The Morgan fingerprint density at radius 3 is 2.79 bits per heavy atom. The van der Waals surface area contributed by atoms with Gasteiger partial charge in [-0.05, 0) is 45.2 Å². The molecule has 7 heteroatoms. The highest BCUT2D eigenvalue weighted by molar-refractivity contribution is 7.87. The molecule has 2 aliphatic rings. The summed E-state index contributed by atoms with van der Waals surface area (Å²) >= 11 is 0. The van der Waals surface area contributed by atoms with E-state index in [1.807, 2.05) is 7.05 Å². The van der Waals surface area contributed by atoms with Crippen LogP contribution in [0.1, 0.15) is 25.7 Å². The minimum atomic E-state index is -3.35. The molecule has 0 radical (unpaired) electrons. The highest BCUT2D eigenvalue weighted by atomic mass is 32.2. The number of hydrogen-bond acceptors (Lipinski definition) is 4. The first-order valence-corrected chi connectivity index (χ1v) is 8.57. The van der Waals surface area contributed by atoms with Crippen LogP contribution in [0.3, 0.4) is 0 Å². The van der Waals surface area contributed by atoms with Crippen LogP contribution >= 0.6 is 0 Å². The summed E-state index contributed by atoms with van der Waals surface area (Å²) in [6.07, 6.45) is 4.06. The molecule has 0 amide bonds. The molecule has 2 N–H and O–H groups in total. The smallest absolute Gasteiger partial charge is 0.279 e. The van der Waals surface area contributed by atoms with Crippen LogP contribution in [0.5, 0.6) is 0 Å². The second-order valence-corrected chi connectivity index (χ2v) is 7.17. The van der Waals surface area contributed by atoms with Crippen molar-refractivity contribution < 1.29 is 13.2 Å². The molecule has 0 aliphatic carbocycles. The maximum atomic E-state index is 12.2. The van der Waals surface area contributed by atoms with Crippen LogP contribution in [0.4, 0.5) is 0 Å². The van der Waals surface area contributed by atoms with Gasteiger partial charge in [0.1, 0.15) is 0 Å². The van der Waals surface area contributed by atoms with Gasteiger partial charge in [-0.2, -0.15) is 17.4 Å². The van der Waals surface area contributed by atoms with Crippen LogP contribution in [0.2, 0.25) is 0 Å². The van der Waals surface area contributed by atoms with E-state index < -0.39 is 10.2 Å². The minimum Gasteiger partial charge on any atom is -0.377 e. The van der Waals surface area contributed by atoms with Gasteiger partial charge in [-0.25, -0.2) is 0 Å². The molecular formula is C12H25N3O3S. The van der Waals surface area contributed by atoms with E-state index in [4.69, 9.17) is 4.74 Å². The molecule has 0 spiro atoms. The number of piperidine rings is 1. The summed E-state index contributed by atoms with van der Waals surface area (Å²) < 4.78 is 34.2. The van der Waals surface area contributed by atoms with E-state index in [9.17, 15) is 8.42 Å². The Kier molecular flexibility index (Phi) is 5.58.